The van der Waals surface area contributed by atoms with Gasteiger partial charge in [0.15, 0.2) is 5.11 Å². The summed E-state index contributed by atoms with van der Waals surface area (Å²) in [5, 5.41) is 18.3. The number of rotatable bonds is 6. The van der Waals surface area contributed by atoms with Gasteiger partial charge >= 0.3 is 0 Å². The summed E-state index contributed by atoms with van der Waals surface area (Å²) in [6.07, 6.45) is 0. The molecule has 0 spiro atoms. The smallest absolute Gasteiger partial charge is 0.175 e. The molecule has 2 heterocycles. The van der Waals surface area contributed by atoms with Crippen molar-refractivity contribution in [2.75, 3.05) is 10.6 Å². The summed E-state index contributed by atoms with van der Waals surface area (Å²) in [6.45, 7) is 8.99. The van der Waals surface area contributed by atoms with Crippen LogP contribution in [0.3, 0.4) is 0 Å². The van der Waals surface area contributed by atoms with Crippen LogP contribution in [-0.4, -0.2) is 24.7 Å². The summed E-state index contributed by atoms with van der Waals surface area (Å²) < 4.78 is 3.82. The van der Waals surface area contributed by atoms with Gasteiger partial charge in [-0.2, -0.15) is 10.2 Å². The van der Waals surface area contributed by atoms with Crippen molar-refractivity contribution in [3.05, 3.63) is 91.4 Å². The molecule has 2 N–H and O–H groups in total. The predicted molar refractivity (Wildman–Crippen MR) is 149 cm³/mol. The lowest BCUT2D eigenvalue weighted by molar-refractivity contribution is 0.659. The normalized spacial score (nSPS) is 11.1. The van der Waals surface area contributed by atoms with Crippen molar-refractivity contribution < 1.29 is 0 Å². The van der Waals surface area contributed by atoms with Crippen LogP contribution in [-0.2, 0) is 13.1 Å². The summed E-state index contributed by atoms with van der Waals surface area (Å²) in [6, 6.07) is 13.2. The molecule has 182 valence electrons. The van der Waals surface area contributed by atoms with Gasteiger partial charge in [0.1, 0.15) is 0 Å². The largest absolute Gasteiger partial charge is 0.329 e. The number of hydrogen-bond donors (Lipinski definition) is 2. The third-order valence-electron chi connectivity index (χ3n) is 5.85. The van der Waals surface area contributed by atoms with Gasteiger partial charge in [-0.3, -0.25) is 9.36 Å². The molecular weight excluding hydrogens is 523 g/mol. The summed E-state index contributed by atoms with van der Waals surface area (Å²) in [5.41, 5.74) is 7.25. The SMILES string of the molecule is Cc1nn(Cc2ccccc2Cl)c(C)c1NC(=S)Nc1c(C)nn(Cc2ccc(Cl)cc2Cl)c1C. The fraction of sp³-hybridized carbons (Fsp3) is 0.240. The van der Waals surface area contributed by atoms with E-state index in [9.17, 15) is 0 Å². The van der Waals surface area contributed by atoms with Gasteiger partial charge in [-0.1, -0.05) is 59.1 Å². The first-order chi connectivity index (χ1) is 16.6. The van der Waals surface area contributed by atoms with E-state index in [1.165, 1.54) is 0 Å². The first kappa shape index (κ1) is 25.5. The Hall–Kier alpha value is -2.58. The van der Waals surface area contributed by atoms with Crippen molar-refractivity contribution >= 4 is 63.5 Å². The lowest BCUT2D eigenvalue weighted by atomic mass is 10.2. The molecule has 4 rings (SSSR count). The van der Waals surface area contributed by atoms with Gasteiger partial charge in [0, 0.05) is 15.1 Å². The number of nitrogens with zero attached hydrogens (tertiary/aromatic N) is 4. The molecule has 6 nitrogen and oxygen atoms in total. The summed E-state index contributed by atoms with van der Waals surface area (Å²) in [7, 11) is 0. The summed E-state index contributed by atoms with van der Waals surface area (Å²) in [5.74, 6) is 0. The highest BCUT2D eigenvalue weighted by atomic mass is 35.5. The fourth-order valence-electron chi connectivity index (χ4n) is 3.92. The van der Waals surface area contributed by atoms with Crippen molar-refractivity contribution in [3.8, 4) is 0 Å². The topological polar surface area (TPSA) is 59.7 Å². The van der Waals surface area contributed by atoms with Crippen LogP contribution in [0.2, 0.25) is 15.1 Å². The number of halogens is 3. The molecule has 35 heavy (non-hydrogen) atoms. The molecule has 0 bridgehead atoms. The summed E-state index contributed by atoms with van der Waals surface area (Å²) >= 11 is 24.4. The van der Waals surface area contributed by atoms with Crippen LogP contribution in [0.1, 0.15) is 33.9 Å². The number of benzene rings is 2. The monoisotopic (exact) mass is 546 g/mol. The molecule has 0 atom stereocenters. The summed E-state index contributed by atoms with van der Waals surface area (Å²) in [4.78, 5) is 0. The molecule has 0 aliphatic heterocycles. The van der Waals surface area contributed by atoms with Crippen LogP contribution < -0.4 is 10.6 Å². The third-order valence-corrected chi connectivity index (χ3v) is 7.01. The molecule has 2 aromatic carbocycles. The first-order valence-corrected chi connectivity index (χ1v) is 12.5. The Bertz CT molecular complexity index is 1410. The second-order valence-corrected chi connectivity index (χ2v) is 9.97. The minimum atomic E-state index is 0.462. The van der Waals surface area contributed by atoms with Crippen LogP contribution in [0, 0.1) is 27.7 Å². The molecule has 4 aromatic rings. The number of aromatic nitrogens is 4. The van der Waals surface area contributed by atoms with Gasteiger partial charge < -0.3 is 10.6 Å². The van der Waals surface area contributed by atoms with Crippen molar-refractivity contribution in [1.29, 1.82) is 0 Å². The zero-order valence-electron chi connectivity index (χ0n) is 19.8. The maximum Gasteiger partial charge on any atom is 0.175 e. The fourth-order valence-corrected chi connectivity index (χ4v) is 4.79. The highest BCUT2D eigenvalue weighted by Gasteiger charge is 2.17. The van der Waals surface area contributed by atoms with Crippen LogP contribution >= 0.6 is 47.0 Å². The van der Waals surface area contributed by atoms with Crippen molar-refractivity contribution in [2.24, 2.45) is 0 Å². The zero-order chi connectivity index (χ0) is 25.3. The first-order valence-electron chi connectivity index (χ1n) is 11.0. The average molecular weight is 548 g/mol. The third kappa shape index (κ3) is 5.64. The van der Waals surface area contributed by atoms with Gasteiger partial charge in [-0.05, 0) is 69.2 Å². The molecule has 0 radical (unpaired) electrons. The number of aryl methyl sites for hydroxylation is 2. The maximum atomic E-state index is 6.36. The molecule has 2 aromatic heterocycles. The van der Waals surface area contributed by atoms with Crippen LogP contribution in [0.4, 0.5) is 11.4 Å². The second kappa shape index (κ2) is 10.6. The standard InChI is InChI=1S/C25H25Cl3N6S/c1-14-23(16(3)33(31-14)12-18-7-5-6-8-21(18)27)29-25(35)30-24-15(2)32-34(17(24)4)13-19-9-10-20(26)11-22(19)28/h5-11H,12-13H2,1-4H3,(H2,29,30,35). The number of hydrogen-bond acceptors (Lipinski definition) is 3. The van der Waals surface area contributed by atoms with Gasteiger partial charge in [0.2, 0.25) is 0 Å². The molecule has 0 saturated heterocycles. The minimum Gasteiger partial charge on any atom is -0.329 e. The second-order valence-electron chi connectivity index (χ2n) is 8.31. The molecule has 0 unspecified atom stereocenters. The Morgan fingerprint density at radius 1 is 0.771 bits per heavy atom. The van der Waals surface area contributed by atoms with Crippen LogP contribution in [0.25, 0.3) is 0 Å². The van der Waals surface area contributed by atoms with Crippen molar-refractivity contribution in [1.82, 2.24) is 19.6 Å². The molecular formula is C25H25Cl3N6S. The van der Waals surface area contributed by atoms with E-state index in [4.69, 9.17) is 47.0 Å². The Balaban J connectivity index is 1.49. The van der Waals surface area contributed by atoms with Crippen LogP contribution in [0.5, 0.6) is 0 Å². The van der Waals surface area contributed by atoms with Gasteiger partial charge in [-0.25, -0.2) is 0 Å². The average Bonchev–Trinajstić information content (AvgIpc) is 3.21. The zero-order valence-corrected chi connectivity index (χ0v) is 22.9. The van der Waals surface area contributed by atoms with E-state index in [-0.39, 0.29) is 0 Å². The van der Waals surface area contributed by atoms with Crippen molar-refractivity contribution in [2.45, 2.75) is 40.8 Å². The lowest BCUT2D eigenvalue weighted by Crippen LogP contribution is -2.21. The highest BCUT2D eigenvalue weighted by molar-refractivity contribution is 7.80. The number of nitrogens with one attached hydrogen (secondary N) is 2. The number of anilines is 2. The molecule has 0 amide bonds. The van der Waals surface area contributed by atoms with Gasteiger partial charge in [0.05, 0.1) is 47.2 Å². The lowest BCUT2D eigenvalue weighted by Gasteiger charge is -2.12. The van der Waals surface area contributed by atoms with Gasteiger partial charge in [-0.15, -0.1) is 0 Å². The Labute approximate surface area is 225 Å². The van der Waals surface area contributed by atoms with E-state index in [0.717, 1.165) is 50.3 Å². The molecule has 0 saturated carbocycles. The Morgan fingerprint density at radius 2 is 1.29 bits per heavy atom. The van der Waals surface area contributed by atoms with E-state index >= 15 is 0 Å². The highest BCUT2D eigenvalue weighted by Crippen LogP contribution is 2.26. The molecule has 0 aliphatic rings. The molecule has 0 aliphatic carbocycles. The Kier molecular flexibility index (Phi) is 7.71. The Morgan fingerprint density at radius 3 is 1.80 bits per heavy atom. The van der Waals surface area contributed by atoms with E-state index in [1.807, 2.05) is 73.5 Å². The molecule has 0 fully saturated rings. The quantitative estimate of drug-likeness (QED) is 0.250. The van der Waals surface area contributed by atoms with E-state index < -0.39 is 0 Å². The minimum absolute atomic E-state index is 0.462. The van der Waals surface area contributed by atoms with Gasteiger partial charge in [0.25, 0.3) is 0 Å². The molecule has 10 heteroatoms. The van der Waals surface area contributed by atoms with E-state index in [0.29, 0.717) is 28.2 Å². The van der Waals surface area contributed by atoms with E-state index in [2.05, 4.69) is 20.8 Å². The van der Waals surface area contributed by atoms with E-state index in [1.54, 1.807) is 6.07 Å². The number of thiocarbonyl (C=S) groups is 1. The predicted octanol–water partition coefficient (Wildman–Crippen LogP) is 7.18. The van der Waals surface area contributed by atoms with Crippen molar-refractivity contribution in [3.63, 3.8) is 0 Å². The van der Waals surface area contributed by atoms with Crippen LogP contribution in [0.15, 0.2) is 42.5 Å². The maximum absolute atomic E-state index is 6.36.